The average molecular weight is 485 g/mol. The first-order valence-corrected chi connectivity index (χ1v) is 12.0. The number of benzene rings is 2. The maximum absolute atomic E-state index is 13.1. The number of Topliss-reactive ketones (excluding diaryl/α,β-unsaturated/α-hetero) is 1. The number of aliphatic hydroxyl groups is 1. The van der Waals surface area contributed by atoms with Gasteiger partial charge in [0.25, 0.3) is 11.7 Å². The number of ether oxygens (including phenoxy) is 1. The molecule has 34 heavy (non-hydrogen) atoms. The monoisotopic (exact) mass is 484 g/mol. The molecule has 3 rings (SSSR count). The third kappa shape index (κ3) is 6.19. The molecule has 1 unspecified atom stereocenters. The summed E-state index contributed by atoms with van der Waals surface area (Å²) in [5, 5.41) is 11.6. The van der Waals surface area contributed by atoms with Gasteiger partial charge in [-0.2, -0.15) is 0 Å². The molecule has 6 nitrogen and oxygen atoms in total. The first kappa shape index (κ1) is 25.8. The molecule has 1 atom stereocenters. The van der Waals surface area contributed by atoms with Gasteiger partial charge in [0, 0.05) is 17.1 Å². The van der Waals surface area contributed by atoms with Crippen LogP contribution in [0.25, 0.3) is 5.76 Å². The summed E-state index contributed by atoms with van der Waals surface area (Å²) in [6.07, 6.45) is 1.62. The molecule has 0 aliphatic carbocycles. The maximum Gasteiger partial charge on any atom is 0.295 e. The van der Waals surface area contributed by atoms with E-state index in [2.05, 4.69) is 13.8 Å². The molecule has 0 bridgehead atoms. The van der Waals surface area contributed by atoms with Crippen molar-refractivity contribution in [2.75, 3.05) is 33.8 Å². The Bertz CT molecular complexity index is 1050. The van der Waals surface area contributed by atoms with Gasteiger partial charge in [0.2, 0.25) is 0 Å². The van der Waals surface area contributed by atoms with Gasteiger partial charge >= 0.3 is 0 Å². The number of carbonyl (C=O) groups excluding carboxylic acids is 2. The van der Waals surface area contributed by atoms with Crippen molar-refractivity contribution in [1.29, 1.82) is 0 Å². The van der Waals surface area contributed by atoms with Gasteiger partial charge in [0.1, 0.15) is 11.5 Å². The first-order valence-electron chi connectivity index (χ1n) is 11.6. The van der Waals surface area contributed by atoms with Crippen LogP contribution in [0.15, 0.2) is 54.1 Å². The zero-order chi connectivity index (χ0) is 24.8. The largest absolute Gasteiger partial charge is 0.507 e. The molecule has 7 heteroatoms. The molecule has 1 N–H and O–H groups in total. The molecule has 1 aliphatic heterocycles. The quantitative estimate of drug-likeness (QED) is 0.287. The number of aliphatic hydroxyl groups excluding tert-OH is 1. The molecule has 182 valence electrons. The van der Waals surface area contributed by atoms with Crippen molar-refractivity contribution >= 4 is 29.1 Å². The number of rotatable bonds is 10. The van der Waals surface area contributed by atoms with Gasteiger partial charge in [-0.15, -0.1) is 0 Å². The van der Waals surface area contributed by atoms with Crippen molar-refractivity contribution in [3.05, 3.63) is 70.3 Å². The number of nitrogens with zero attached hydrogens (tertiary/aromatic N) is 2. The highest BCUT2D eigenvalue weighted by Gasteiger charge is 2.45. The van der Waals surface area contributed by atoms with Crippen LogP contribution in [0.4, 0.5) is 0 Å². The van der Waals surface area contributed by atoms with Crippen molar-refractivity contribution < 1.29 is 19.4 Å². The topological polar surface area (TPSA) is 70.1 Å². The lowest BCUT2D eigenvalue weighted by molar-refractivity contribution is -0.139. The number of halogens is 1. The molecular formula is C27H33ClN2O4. The molecule has 0 spiro atoms. The van der Waals surface area contributed by atoms with E-state index < -0.39 is 17.7 Å². The number of ketones is 1. The highest BCUT2D eigenvalue weighted by atomic mass is 35.5. The molecule has 0 radical (unpaired) electrons. The first-order chi connectivity index (χ1) is 16.2. The standard InChI is InChI=1S/C27H33ClN2O4/c1-18(2)13-16-34-22-8-5-7-20(17-22)24-23(25(31)19-9-11-21(28)12-10-19)26(32)27(33)30(24)15-6-14-29(3)4/h5,7-12,17-18,24,31H,6,13-16H2,1-4H3. The Balaban J connectivity index is 2.02. The molecule has 1 fully saturated rings. The number of hydrogen-bond donors (Lipinski definition) is 1. The van der Waals surface area contributed by atoms with E-state index in [0.29, 0.717) is 41.8 Å². The van der Waals surface area contributed by atoms with Gasteiger partial charge < -0.3 is 19.6 Å². The highest BCUT2D eigenvalue weighted by Crippen LogP contribution is 2.40. The van der Waals surface area contributed by atoms with E-state index in [1.807, 2.05) is 43.3 Å². The summed E-state index contributed by atoms with van der Waals surface area (Å²) in [5.41, 5.74) is 1.24. The fourth-order valence-electron chi connectivity index (χ4n) is 3.96. The minimum absolute atomic E-state index is 0.0801. The molecule has 0 saturated carbocycles. The molecule has 1 heterocycles. The number of carbonyl (C=O) groups is 2. The molecule has 2 aromatic rings. The van der Waals surface area contributed by atoms with Gasteiger partial charge in [0.05, 0.1) is 18.2 Å². The summed E-state index contributed by atoms with van der Waals surface area (Å²) in [7, 11) is 3.92. The van der Waals surface area contributed by atoms with Gasteiger partial charge in [-0.1, -0.05) is 37.6 Å². The lowest BCUT2D eigenvalue weighted by Gasteiger charge is -2.26. The van der Waals surface area contributed by atoms with Crippen LogP contribution in [0.5, 0.6) is 5.75 Å². The molecule has 2 aromatic carbocycles. The molecule has 1 saturated heterocycles. The van der Waals surface area contributed by atoms with E-state index in [9.17, 15) is 14.7 Å². The Hall–Kier alpha value is -2.83. The Kier molecular flexibility index (Phi) is 8.75. The summed E-state index contributed by atoms with van der Waals surface area (Å²) in [6, 6.07) is 13.3. The average Bonchev–Trinajstić information content (AvgIpc) is 3.04. The van der Waals surface area contributed by atoms with E-state index in [1.165, 1.54) is 0 Å². The Labute approximate surface area is 206 Å². The van der Waals surface area contributed by atoms with Crippen LogP contribution in [0.1, 0.15) is 43.9 Å². The van der Waals surface area contributed by atoms with Gasteiger partial charge in [-0.3, -0.25) is 9.59 Å². The van der Waals surface area contributed by atoms with Crippen LogP contribution in [0.3, 0.4) is 0 Å². The fraction of sp³-hybridized carbons (Fsp3) is 0.407. The SMILES string of the molecule is CC(C)CCOc1cccc(C2C(=C(O)c3ccc(Cl)cc3)C(=O)C(=O)N2CCCN(C)C)c1. The summed E-state index contributed by atoms with van der Waals surface area (Å²) < 4.78 is 5.92. The lowest BCUT2D eigenvalue weighted by Crippen LogP contribution is -2.32. The Morgan fingerprint density at radius 1 is 1.15 bits per heavy atom. The van der Waals surface area contributed by atoms with Crippen LogP contribution < -0.4 is 4.74 Å². The van der Waals surface area contributed by atoms with Crippen molar-refractivity contribution in [3.63, 3.8) is 0 Å². The molecule has 1 aliphatic rings. The van der Waals surface area contributed by atoms with Crippen molar-refractivity contribution in [2.45, 2.75) is 32.7 Å². The second kappa shape index (κ2) is 11.5. The molecule has 1 amide bonds. The van der Waals surface area contributed by atoms with Crippen LogP contribution in [0, 0.1) is 5.92 Å². The van der Waals surface area contributed by atoms with Gasteiger partial charge in [0.15, 0.2) is 0 Å². The Morgan fingerprint density at radius 2 is 1.85 bits per heavy atom. The third-order valence-corrected chi connectivity index (χ3v) is 6.05. The highest BCUT2D eigenvalue weighted by molar-refractivity contribution is 6.46. The van der Waals surface area contributed by atoms with Crippen molar-refractivity contribution in [2.24, 2.45) is 5.92 Å². The molecular weight excluding hydrogens is 452 g/mol. The van der Waals surface area contributed by atoms with Crippen molar-refractivity contribution in [3.8, 4) is 5.75 Å². The zero-order valence-corrected chi connectivity index (χ0v) is 21.0. The van der Waals surface area contributed by atoms with Crippen LogP contribution in [0.2, 0.25) is 5.02 Å². The number of hydrogen-bond acceptors (Lipinski definition) is 5. The summed E-state index contributed by atoms with van der Waals surface area (Å²) in [4.78, 5) is 29.8. The maximum atomic E-state index is 13.1. The second-order valence-electron chi connectivity index (χ2n) is 9.26. The van der Waals surface area contributed by atoms with Crippen LogP contribution in [-0.4, -0.2) is 60.4 Å². The van der Waals surface area contributed by atoms with E-state index >= 15 is 0 Å². The normalized spacial score (nSPS) is 17.7. The predicted octanol–water partition coefficient (Wildman–Crippen LogP) is 5.14. The van der Waals surface area contributed by atoms with Crippen molar-refractivity contribution in [1.82, 2.24) is 9.80 Å². The third-order valence-electron chi connectivity index (χ3n) is 5.80. The summed E-state index contributed by atoms with van der Waals surface area (Å²) >= 11 is 5.99. The van der Waals surface area contributed by atoms with Gasteiger partial charge in [-0.05, 0) is 81.4 Å². The zero-order valence-electron chi connectivity index (χ0n) is 20.3. The summed E-state index contributed by atoms with van der Waals surface area (Å²) in [6.45, 7) is 6.01. The van der Waals surface area contributed by atoms with Gasteiger partial charge in [-0.25, -0.2) is 0 Å². The van der Waals surface area contributed by atoms with E-state index in [1.54, 1.807) is 29.2 Å². The fourth-order valence-corrected chi connectivity index (χ4v) is 4.09. The second-order valence-corrected chi connectivity index (χ2v) is 9.70. The number of likely N-dealkylation sites (tertiary alicyclic amines) is 1. The minimum Gasteiger partial charge on any atom is -0.507 e. The minimum atomic E-state index is -0.702. The number of amides is 1. The smallest absolute Gasteiger partial charge is 0.295 e. The Morgan fingerprint density at radius 3 is 2.50 bits per heavy atom. The summed E-state index contributed by atoms with van der Waals surface area (Å²) in [5.74, 6) is -0.310. The predicted molar refractivity (Wildman–Crippen MR) is 135 cm³/mol. The van der Waals surface area contributed by atoms with E-state index in [0.717, 1.165) is 18.5 Å². The van der Waals surface area contributed by atoms with Crippen LogP contribution in [-0.2, 0) is 9.59 Å². The van der Waals surface area contributed by atoms with E-state index in [4.69, 9.17) is 16.3 Å². The molecule has 0 aromatic heterocycles. The van der Waals surface area contributed by atoms with Crippen LogP contribution >= 0.6 is 11.6 Å². The van der Waals surface area contributed by atoms with E-state index in [-0.39, 0.29) is 11.3 Å². The lowest BCUT2D eigenvalue weighted by atomic mass is 9.95.